The van der Waals surface area contributed by atoms with Crippen molar-refractivity contribution >= 4 is 27.2 Å². The molecule has 0 aliphatic carbocycles. The fourth-order valence-corrected chi connectivity index (χ4v) is 5.79. The molecule has 1 aliphatic rings. The Hall–Kier alpha value is -3.87. The van der Waals surface area contributed by atoms with Crippen LogP contribution in [0, 0.1) is 22.7 Å². The minimum atomic E-state index is -3.81. The molecule has 36 heavy (non-hydrogen) atoms. The number of fused-ring (bicyclic) bond motifs is 1. The predicted molar refractivity (Wildman–Crippen MR) is 147 cm³/mol. The standard InChI is InChI=1S/C30H31N3O2S/c1-3-5-20-33(21-6-4-2)26-18-16-24(17-19-26)12-8-7-9-15-29-30(25(22-31)23-32)27-13-10-11-14-28(27)36(29,34)35/h7-19H,3-6,20-21H2,1-2H3/b9-7+,12-8+,29-15-. The van der Waals surface area contributed by atoms with Gasteiger partial charge in [0.25, 0.3) is 0 Å². The Morgan fingerprint density at radius 2 is 1.53 bits per heavy atom. The number of sulfone groups is 1. The molecule has 0 fully saturated rings. The van der Waals surface area contributed by atoms with Crippen molar-refractivity contribution in [2.75, 3.05) is 18.0 Å². The second-order valence-electron chi connectivity index (χ2n) is 8.53. The SMILES string of the molecule is CCCCN(CCCC)c1ccc(/C=C/C=C/C=C2/C(=C(C#N)C#N)c3ccccc3S2(=O)=O)cc1. The van der Waals surface area contributed by atoms with Gasteiger partial charge in [0.1, 0.15) is 17.7 Å². The molecular weight excluding hydrogens is 466 g/mol. The number of rotatable bonds is 10. The van der Waals surface area contributed by atoms with Gasteiger partial charge in [0.15, 0.2) is 0 Å². The zero-order valence-corrected chi connectivity index (χ0v) is 21.6. The van der Waals surface area contributed by atoms with E-state index in [0.717, 1.165) is 18.7 Å². The third-order valence-corrected chi connectivity index (χ3v) is 7.89. The molecule has 5 nitrogen and oxygen atoms in total. The predicted octanol–water partition coefficient (Wildman–Crippen LogP) is 6.83. The highest BCUT2D eigenvalue weighted by molar-refractivity contribution is 7.96. The summed E-state index contributed by atoms with van der Waals surface area (Å²) in [4.78, 5) is 2.52. The molecule has 184 valence electrons. The summed E-state index contributed by atoms with van der Waals surface area (Å²) in [6.07, 6.45) is 13.3. The van der Waals surface area contributed by atoms with E-state index in [9.17, 15) is 18.9 Å². The van der Waals surface area contributed by atoms with Gasteiger partial charge in [-0.2, -0.15) is 10.5 Å². The normalized spacial score (nSPS) is 15.2. The molecule has 0 saturated carbocycles. The number of allylic oxidation sites excluding steroid dienone is 6. The van der Waals surface area contributed by atoms with Crippen molar-refractivity contribution in [3.63, 3.8) is 0 Å². The second-order valence-corrected chi connectivity index (χ2v) is 10.4. The van der Waals surface area contributed by atoms with E-state index < -0.39 is 9.84 Å². The molecule has 0 aromatic heterocycles. The van der Waals surface area contributed by atoms with E-state index in [4.69, 9.17) is 0 Å². The van der Waals surface area contributed by atoms with Gasteiger partial charge in [-0.15, -0.1) is 0 Å². The van der Waals surface area contributed by atoms with Crippen molar-refractivity contribution in [2.24, 2.45) is 0 Å². The maximum Gasteiger partial charge on any atom is 0.207 e. The maximum absolute atomic E-state index is 13.1. The summed E-state index contributed by atoms with van der Waals surface area (Å²) in [6, 6.07) is 18.5. The van der Waals surface area contributed by atoms with Crippen molar-refractivity contribution in [1.82, 2.24) is 0 Å². The summed E-state index contributed by atoms with van der Waals surface area (Å²) < 4.78 is 26.1. The highest BCUT2D eigenvalue weighted by atomic mass is 32.2. The quantitative estimate of drug-likeness (QED) is 0.265. The van der Waals surface area contributed by atoms with Gasteiger partial charge < -0.3 is 4.90 Å². The Kier molecular flexibility index (Phi) is 9.45. The Morgan fingerprint density at radius 1 is 0.889 bits per heavy atom. The van der Waals surface area contributed by atoms with Crippen molar-refractivity contribution < 1.29 is 8.42 Å². The molecule has 0 bridgehead atoms. The van der Waals surface area contributed by atoms with Crippen LogP contribution in [0.5, 0.6) is 0 Å². The van der Waals surface area contributed by atoms with E-state index in [1.807, 2.05) is 24.3 Å². The van der Waals surface area contributed by atoms with Crippen molar-refractivity contribution in [2.45, 2.75) is 44.4 Å². The Labute approximate surface area is 214 Å². The number of nitriles is 2. The molecule has 0 unspecified atom stereocenters. The third kappa shape index (κ3) is 6.03. The van der Waals surface area contributed by atoms with E-state index in [0.29, 0.717) is 5.56 Å². The summed E-state index contributed by atoms with van der Waals surface area (Å²) >= 11 is 0. The zero-order chi connectivity index (χ0) is 26.0. The zero-order valence-electron chi connectivity index (χ0n) is 20.8. The lowest BCUT2D eigenvalue weighted by atomic mass is 10.0. The van der Waals surface area contributed by atoms with Crippen molar-refractivity contribution in [3.05, 3.63) is 94.4 Å². The molecule has 0 saturated heterocycles. The Bertz CT molecular complexity index is 1360. The number of unbranched alkanes of at least 4 members (excludes halogenated alkanes) is 2. The summed E-state index contributed by atoms with van der Waals surface area (Å²) in [5.74, 6) is 0. The molecule has 1 aliphatic heterocycles. The molecule has 1 heterocycles. The first-order chi connectivity index (χ1) is 17.5. The van der Waals surface area contributed by atoms with E-state index in [1.165, 1.54) is 43.5 Å². The molecule has 3 rings (SSSR count). The number of nitrogens with zero attached hydrogens (tertiary/aromatic N) is 3. The van der Waals surface area contributed by atoms with Gasteiger partial charge in [-0.25, -0.2) is 8.42 Å². The number of anilines is 1. The van der Waals surface area contributed by atoms with E-state index in [1.54, 1.807) is 30.4 Å². The number of hydrogen-bond acceptors (Lipinski definition) is 5. The fraction of sp³-hybridized carbons (Fsp3) is 0.267. The summed E-state index contributed by atoms with van der Waals surface area (Å²) in [6.45, 7) is 6.54. The molecule has 2 aromatic carbocycles. The number of hydrogen-bond donors (Lipinski definition) is 0. The van der Waals surface area contributed by atoms with Crippen LogP contribution in [-0.2, 0) is 9.84 Å². The molecule has 0 amide bonds. The maximum atomic E-state index is 13.1. The van der Waals surface area contributed by atoms with Gasteiger partial charge in [-0.1, -0.05) is 81.3 Å². The topological polar surface area (TPSA) is 85.0 Å². The van der Waals surface area contributed by atoms with Crippen LogP contribution in [0.1, 0.15) is 50.7 Å². The van der Waals surface area contributed by atoms with Crippen LogP contribution in [0.2, 0.25) is 0 Å². The van der Waals surface area contributed by atoms with E-state index >= 15 is 0 Å². The van der Waals surface area contributed by atoms with Crippen LogP contribution in [0.15, 0.2) is 88.2 Å². The lowest BCUT2D eigenvalue weighted by Gasteiger charge is -2.24. The molecular formula is C30H31N3O2S. The highest BCUT2D eigenvalue weighted by Gasteiger charge is 2.37. The van der Waals surface area contributed by atoms with Crippen LogP contribution in [0.25, 0.3) is 11.6 Å². The van der Waals surface area contributed by atoms with Crippen molar-refractivity contribution in [1.29, 1.82) is 10.5 Å². The smallest absolute Gasteiger partial charge is 0.207 e. The monoisotopic (exact) mass is 497 g/mol. The van der Waals surface area contributed by atoms with Crippen molar-refractivity contribution in [3.8, 4) is 12.1 Å². The molecule has 0 spiro atoms. The largest absolute Gasteiger partial charge is 0.372 e. The van der Waals surface area contributed by atoms with Gasteiger partial charge in [-0.05, 0) is 42.7 Å². The Balaban J connectivity index is 1.79. The van der Waals surface area contributed by atoms with Crippen LogP contribution >= 0.6 is 0 Å². The lowest BCUT2D eigenvalue weighted by molar-refractivity contribution is 0.604. The highest BCUT2D eigenvalue weighted by Crippen LogP contribution is 2.44. The minimum Gasteiger partial charge on any atom is -0.372 e. The summed E-state index contributed by atoms with van der Waals surface area (Å²) in [7, 11) is -3.81. The fourth-order valence-electron chi connectivity index (χ4n) is 4.10. The van der Waals surface area contributed by atoms with Crippen LogP contribution in [0.4, 0.5) is 5.69 Å². The first-order valence-corrected chi connectivity index (χ1v) is 13.8. The van der Waals surface area contributed by atoms with E-state index in [-0.39, 0.29) is 20.9 Å². The van der Waals surface area contributed by atoms with Gasteiger partial charge in [0, 0.05) is 29.9 Å². The summed E-state index contributed by atoms with van der Waals surface area (Å²) in [5, 5.41) is 18.8. The average molecular weight is 498 g/mol. The lowest BCUT2D eigenvalue weighted by Crippen LogP contribution is -2.25. The molecule has 0 radical (unpaired) electrons. The van der Waals surface area contributed by atoms with Gasteiger partial charge in [0.05, 0.1) is 9.80 Å². The Morgan fingerprint density at radius 3 is 2.14 bits per heavy atom. The van der Waals surface area contributed by atoms with Crippen LogP contribution in [-0.4, -0.2) is 21.5 Å². The molecule has 0 N–H and O–H groups in total. The molecule has 2 aromatic rings. The van der Waals surface area contributed by atoms with Gasteiger partial charge >= 0.3 is 0 Å². The van der Waals surface area contributed by atoms with E-state index in [2.05, 4.69) is 43.0 Å². The number of benzene rings is 2. The molecule has 0 atom stereocenters. The third-order valence-electron chi connectivity index (χ3n) is 6.04. The van der Waals surface area contributed by atoms with Gasteiger partial charge in [-0.3, -0.25) is 0 Å². The summed E-state index contributed by atoms with van der Waals surface area (Å²) in [5.41, 5.74) is 2.60. The average Bonchev–Trinajstić information content (AvgIpc) is 3.12. The van der Waals surface area contributed by atoms with Crippen LogP contribution < -0.4 is 4.90 Å². The van der Waals surface area contributed by atoms with Gasteiger partial charge in [0.2, 0.25) is 9.84 Å². The van der Waals surface area contributed by atoms with Crippen LogP contribution in [0.3, 0.4) is 0 Å². The minimum absolute atomic E-state index is 0.0324. The second kappa shape index (κ2) is 12.7. The first kappa shape index (κ1) is 26.7. The first-order valence-electron chi connectivity index (χ1n) is 12.3. The molecule has 6 heteroatoms.